The Kier molecular flexibility index (Phi) is 3.83. The molecule has 90 valence electrons. The standard InChI is InChI=1S/C13H27NO/c1-10(2)13(5,15)9-14-11-6-7-12(3,4)8-11/h10-11,14-15H,6-9H2,1-5H3. The van der Waals surface area contributed by atoms with E-state index in [9.17, 15) is 5.11 Å². The highest BCUT2D eigenvalue weighted by molar-refractivity contribution is 4.89. The summed E-state index contributed by atoms with van der Waals surface area (Å²) in [7, 11) is 0. The molecule has 2 nitrogen and oxygen atoms in total. The van der Waals surface area contributed by atoms with Crippen LogP contribution in [-0.2, 0) is 0 Å². The molecule has 0 aromatic rings. The molecule has 2 unspecified atom stereocenters. The van der Waals surface area contributed by atoms with Gasteiger partial charge in [-0.15, -0.1) is 0 Å². The SMILES string of the molecule is CC(C)C(C)(O)CNC1CCC(C)(C)C1. The van der Waals surface area contributed by atoms with E-state index in [1.165, 1.54) is 19.3 Å². The Morgan fingerprint density at radius 1 is 1.47 bits per heavy atom. The molecule has 15 heavy (non-hydrogen) atoms. The molecule has 1 saturated carbocycles. The molecule has 0 aliphatic heterocycles. The van der Waals surface area contributed by atoms with Crippen molar-refractivity contribution in [1.29, 1.82) is 0 Å². The molecular formula is C13H27NO. The van der Waals surface area contributed by atoms with Crippen molar-refractivity contribution in [3.8, 4) is 0 Å². The Labute approximate surface area is 94.5 Å². The van der Waals surface area contributed by atoms with E-state index < -0.39 is 5.60 Å². The summed E-state index contributed by atoms with van der Waals surface area (Å²) in [6, 6.07) is 0.602. The number of nitrogens with one attached hydrogen (secondary N) is 1. The maximum absolute atomic E-state index is 10.1. The van der Waals surface area contributed by atoms with Crippen LogP contribution in [0, 0.1) is 11.3 Å². The lowest BCUT2D eigenvalue weighted by Crippen LogP contribution is -2.45. The second kappa shape index (κ2) is 4.42. The molecule has 0 heterocycles. The fraction of sp³-hybridized carbons (Fsp3) is 1.00. The molecule has 2 N–H and O–H groups in total. The van der Waals surface area contributed by atoms with Crippen LogP contribution in [-0.4, -0.2) is 23.3 Å². The monoisotopic (exact) mass is 213 g/mol. The van der Waals surface area contributed by atoms with Crippen LogP contribution in [0.2, 0.25) is 0 Å². The first kappa shape index (κ1) is 13.0. The van der Waals surface area contributed by atoms with E-state index in [4.69, 9.17) is 0 Å². The summed E-state index contributed by atoms with van der Waals surface area (Å²) in [5, 5.41) is 13.6. The molecule has 2 atom stereocenters. The molecule has 2 heteroatoms. The van der Waals surface area contributed by atoms with Crippen molar-refractivity contribution in [1.82, 2.24) is 5.32 Å². The zero-order valence-corrected chi connectivity index (χ0v) is 10.9. The molecule has 1 aliphatic carbocycles. The quantitative estimate of drug-likeness (QED) is 0.752. The summed E-state index contributed by atoms with van der Waals surface area (Å²) >= 11 is 0. The Balaban J connectivity index is 2.33. The average molecular weight is 213 g/mol. The van der Waals surface area contributed by atoms with Gasteiger partial charge in [-0.3, -0.25) is 0 Å². The molecule has 0 aromatic carbocycles. The summed E-state index contributed by atoms with van der Waals surface area (Å²) < 4.78 is 0. The minimum Gasteiger partial charge on any atom is -0.389 e. The molecule has 0 bridgehead atoms. The van der Waals surface area contributed by atoms with Crippen LogP contribution in [0.3, 0.4) is 0 Å². The van der Waals surface area contributed by atoms with Gasteiger partial charge in [0.2, 0.25) is 0 Å². The van der Waals surface area contributed by atoms with Crippen molar-refractivity contribution in [3.05, 3.63) is 0 Å². The lowest BCUT2D eigenvalue weighted by molar-refractivity contribution is 0.0117. The fourth-order valence-electron chi connectivity index (χ4n) is 2.17. The van der Waals surface area contributed by atoms with E-state index >= 15 is 0 Å². The lowest BCUT2D eigenvalue weighted by atomic mass is 9.91. The minimum atomic E-state index is -0.577. The van der Waals surface area contributed by atoms with E-state index in [1.54, 1.807) is 0 Å². The first-order valence-electron chi connectivity index (χ1n) is 6.19. The van der Waals surface area contributed by atoms with Gasteiger partial charge in [0.1, 0.15) is 0 Å². The Morgan fingerprint density at radius 3 is 2.47 bits per heavy atom. The molecule has 0 saturated heterocycles. The van der Waals surface area contributed by atoms with Gasteiger partial charge in [0.15, 0.2) is 0 Å². The predicted molar refractivity (Wildman–Crippen MR) is 64.9 cm³/mol. The Morgan fingerprint density at radius 2 is 2.07 bits per heavy atom. The largest absolute Gasteiger partial charge is 0.389 e. The van der Waals surface area contributed by atoms with E-state index in [-0.39, 0.29) is 0 Å². The third kappa shape index (κ3) is 3.76. The molecule has 1 rings (SSSR count). The van der Waals surface area contributed by atoms with Crippen molar-refractivity contribution >= 4 is 0 Å². The fourth-order valence-corrected chi connectivity index (χ4v) is 2.17. The number of aliphatic hydroxyl groups is 1. The molecule has 0 radical (unpaired) electrons. The Hall–Kier alpha value is -0.0800. The maximum atomic E-state index is 10.1. The third-order valence-electron chi connectivity index (χ3n) is 3.96. The van der Waals surface area contributed by atoms with Gasteiger partial charge in [0.05, 0.1) is 5.60 Å². The Bertz CT molecular complexity index is 209. The topological polar surface area (TPSA) is 32.3 Å². The van der Waals surface area contributed by atoms with Gasteiger partial charge in [-0.05, 0) is 37.5 Å². The molecular weight excluding hydrogens is 186 g/mol. The zero-order chi connectivity index (χ0) is 11.7. The van der Waals surface area contributed by atoms with Gasteiger partial charge in [0.25, 0.3) is 0 Å². The predicted octanol–water partition coefficient (Wildman–Crippen LogP) is 2.56. The van der Waals surface area contributed by atoms with Crippen LogP contribution in [0.1, 0.15) is 53.9 Å². The number of hydrogen-bond acceptors (Lipinski definition) is 2. The summed E-state index contributed by atoms with van der Waals surface area (Å²) in [5.74, 6) is 0.305. The van der Waals surface area contributed by atoms with E-state index in [2.05, 4.69) is 33.0 Å². The summed E-state index contributed by atoms with van der Waals surface area (Å²) in [6.07, 6.45) is 3.79. The van der Waals surface area contributed by atoms with E-state index in [0.29, 0.717) is 23.9 Å². The van der Waals surface area contributed by atoms with Crippen LogP contribution >= 0.6 is 0 Å². The minimum absolute atomic E-state index is 0.305. The van der Waals surface area contributed by atoms with E-state index in [0.717, 1.165) is 0 Å². The first-order chi connectivity index (χ1) is 6.73. The lowest BCUT2D eigenvalue weighted by Gasteiger charge is -2.30. The first-order valence-corrected chi connectivity index (χ1v) is 6.19. The van der Waals surface area contributed by atoms with Crippen molar-refractivity contribution in [3.63, 3.8) is 0 Å². The van der Waals surface area contributed by atoms with Crippen LogP contribution in [0.5, 0.6) is 0 Å². The van der Waals surface area contributed by atoms with Crippen molar-refractivity contribution in [2.75, 3.05) is 6.54 Å². The van der Waals surface area contributed by atoms with Crippen LogP contribution < -0.4 is 5.32 Å². The number of rotatable bonds is 4. The summed E-state index contributed by atoms with van der Waals surface area (Å²) in [4.78, 5) is 0. The highest BCUT2D eigenvalue weighted by Crippen LogP contribution is 2.37. The molecule has 1 fully saturated rings. The van der Waals surface area contributed by atoms with Crippen LogP contribution in [0.4, 0.5) is 0 Å². The van der Waals surface area contributed by atoms with E-state index in [1.807, 2.05) is 6.92 Å². The second-order valence-corrected chi connectivity index (χ2v) is 6.50. The highest BCUT2D eigenvalue weighted by atomic mass is 16.3. The van der Waals surface area contributed by atoms with Gasteiger partial charge in [-0.2, -0.15) is 0 Å². The van der Waals surface area contributed by atoms with Crippen molar-refractivity contribution in [2.24, 2.45) is 11.3 Å². The highest BCUT2D eigenvalue weighted by Gasteiger charge is 2.32. The summed E-state index contributed by atoms with van der Waals surface area (Å²) in [5.41, 5.74) is -0.0892. The second-order valence-electron chi connectivity index (χ2n) is 6.50. The molecule has 0 spiro atoms. The van der Waals surface area contributed by atoms with Crippen molar-refractivity contribution in [2.45, 2.75) is 65.5 Å². The summed E-state index contributed by atoms with van der Waals surface area (Å²) in [6.45, 7) is 11.4. The van der Waals surface area contributed by atoms with Gasteiger partial charge < -0.3 is 10.4 Å². The molecule has 1 aliphatic rings. The molecule has 0 aromatic heterocycles. The van der Waals surface area contributed by atoms with Gasteiger partial charge >= 0.3 is 0 Å². The van der Waals surface area contributed by atoms with Crippen molar-refractivity contribution < 1.29 is 5.11 Å². The average Bonchev–Trinajstić information content (AvgIpc) is 2.42. The zero-order valence-electron chi connectivity index (χ0n) is 10.9. The third-order valence-corrected chi connectivity index (χ3v) is 3.96. The van der Waals surface area contributed by atoms with Gasteiger partial charge in [0, 0.05) is 12.6 Å². The normalized spacial score (nSPS) is 29.4. The number of hydrogen-bond donors (Lipinski definition) is 2. The van der Waals surface area contributed by atoms with Crippen LogP contribution in [0.25, 0.3) is 0 Å². The van der Waals surface area contributed by atoms with Gasteiger partial charge in [-0.25, -0.2) is 0 Å². The smallest absolute Gasteiger partial charge is 0.0766 e. The van der Waals surface area contributed by atoms with Crippen LogP contribution in [0.15, 0.2) is 0 Å². The maximum Gasteiger partial charge on any atom is 0.0766 e. The molecule has 0 amide bonds. The van der Waals surface area contributed by atoms with Gasteiger partial charge in [-0.1, -0.05) is 27.7 Å².